The summed E-state index contributed by atoms with van der Waals surface area (Å²) in [4.78, 5) is 142. The molecule has 0 radical (unpaired) electrons. The molecule has 0 spiro atoms. The number of hydrogen-bond donors (Lipinski definition) is 5. The van der Waals surface area contributed by atoms with Gasteiger partial charge in [-0.25, -0.2) is 14.4 Å². The molecule has 7 amide bonds. The standard InChI is InChI=1S/C48H73N7O15/c1-23(2)38(58)34(50-30(11)56)46(64)69-39(24(3)4)35-45(63)55(15)37(29(10)67-16)48(66)70-40(25(5)6)36(51-31(12)57)47(65)68-33(22-32-20-18-17-19-21-32)44(62)54(14)27(8)41(59)49-26(7)43(61)53(13)28(9)42(60)52-35/h17-21,23-26,28-29,33-40,58H,8,22H2,1-7,9-16H3,(H,49,59)(H,50,56)(H,51,57)(H,52,60). The second kappa shape index (κ2) is 26.5. The first kappa shape index (κ1) is 59.7. The molecule has 0 saturated carbocycles. The number of nitrogens with one attached hydrogen (secondary N) is 4. The van der Waals surface area contributed by atoms with Crippen molar-refractivity contribution in [2.45, 2.75) is 149 Å². The second-order valence-electron chi connectivity index (χ2n) is 18.5. The molecule has 0 bridgehead atoms. The van der Waals surface area contributed by atoms with Crippen molar-refractivity contribution in [3.8, 4) is 0 Å². The van der Waals surface area contributed by atoms with Crippen LogP contribution in [0, 0.1) is 17.8 Å². The molecule has 1 aliphatic rings. The van der Waals surface area contributed by atoms with Crippen molar-refractivity contribution in [3.05, 3.63) is 48.2 Å². The van der Waals surface area contributed by atoms with E-state index in [2.05, 4.69) is 27.8 Å². The molecule has 1 heterocycles. The average molecular weight is 988 g/mol. The van der Waals surface area contributed by atoms with Crippen LogP contribution in [0.4, 0.5) is 0 Å². The minimum Gasteiger partial charge on any atom is -0.458 e. The molecule has 11 unspecified atom stereocenters. The quantitative estimate of drug-likeness (QED) is 0.0987. The molecule has 1 aromatic rings. The maximum absolute atomic E-state index is 15.1. The predicted molar refractivity (Wildman–Crippen MR) is 252 cm³/mol. The SMILES string of the molecule is C=C1C(=O)NC(C)C(=O)N(C)C(C)C(=O)NC(C(OC(=O)C(NC(C)=O)C(O)C(C)C)C(C)C)C(=O)N(C)C(C(C)OC)C(=O)OC(C(C)C)C(NC(C)=O)C(=O)OC(Cc2ccccc2)C(=O)N1C. The highest BCUT2D eigenvalue weighted by Gasteiger charge is 2.47. The molecule has 1 fully saturated rings. The van der Waals surface area contributed by atoms with Crippen LogP contribution in [-0.4, -0.2) is 174 Å². The van der Waals surface area contributed by atoms with Gasteiger partial charge >= 0.3 is 17.9 Å². The third kappa shape index (κ3) is 15.8. The smallest absolute Gasteiger partial charge is 0.333 e. The number of carbonyl (C=O) groups excluding carboxylic acids is 10. The fourth-order valence-corrected chi connectivity index (χ4v) is 7.42. The van der Waals surface area contributed by atoms with Crippen molar-refractivity contribution in [2.75, 3.05) is 28.3 Å². The molecular weight excluding hydrogens is 915 g/mol. The van der Waals surface area contributed by atoms with Crippen molar-refractivity contribution >= 4 is 59.3 Å². The van der Waals surface area contributed by atoms with E-state index >= 15 is 4.79 Å². The number of aliphatic hydroxyl groups is 1. The molecule has 22 heteroatoms. The number of esters is 3. The van der Waals surface area contributed by atoms with Crippen molar-refractivity contribution in [2.24, 2.45) is 17.8 Å². The summed E-state index contributed by atoms with van der Waals surface area (Å²) in [5, 5.41) is 20.8. The number of cyclic esters (lactones) is 2. The van der Waals surface area contributed by atoms with Crippen LogP contribution in [0.3, 0.4) is 0 Å². The minimum atomic E-state index is -1.86. The van der Waals surface area contributed by atoms with Gasteiger partial charge in [-0.2, -0.15) is 0 Å². The maximum atomic E-state index is 15.1. The molecule has 0 aromatic heterocycles. The van der Waals surface area contributed by atoms with Crippen LogP contribution in [0.2, 0.25) is 0 Å². The fraction of sp³-hybridized carbons (Fsp3) is 0.625. The van der Waals surface area contributed by atoms with Crippen LogP contribution in [-0.2, 0) is 73.3 Å². The summed E-state index contributed by atoms with van der Waals surface area (Å²) in [6, 6.07) is -1.32. The summed E-state index contributed by atoms with van der Waals surface area (Å²) in [5.41, 5.74) is 0.0564. The summed E-state index contributed by atoms with van der Waals surface area (Å²) in [7, 11) is 4.87. The Hall–Kier alpha value is -6.42. The molecule has 390 valence electrons. The van der Waals surface area contributed by atoms with E-state index < -0.39 is 149 Å². The number of rotatable bonds is 13. The Labute approximate surface area is 409 Å². The molecule has 11 atom stereocenters. The molecule has 1 aromatic carbocycles. The lowest BCUT2D eigenvalue weighted by atomic mass is 9.95. The van der Waals surface area contributed by atoms with Gasteiger partial charge in [0.25, 0.3) is 11.8 Å². The first-order chi connectivity index (χ1) is 32.5. The van der Waals surface area contributed by atoms with E-state index in [0.29, 0.717) is 5.56 Å². The number of methoxy groups -OCH3 is 1. The largest absolute Gasteiger partial charge is 0.458 e. The van der Waals surface area contributed by atoms with Crippen LogP contribution in [0.15, 0.2) is 42.6 Å². The average Bonchev–Trinajstić information content (AvgIpc) is 3.29. The van der Waals surface area contributed by atoms with Gasteiger partial charge in [-0.15, -0.1) is 0 Å². The van der Waals surface area contributed by atoms with E-state index in [0.717, 1.165) is 28.5 Å². The summed E-state index contributed by atoms with van der Waals surface area (Å²) in [5.74, 6) is -11.9. The Bertz CT molecular complexity index is 2080. The monoisotopic (exact) mass is 988 g/mol. The first-order valence-corrected chi connectivity index (χ1v) is 23.0. The summed E-state index contributed by atoms with van der Waals surface area (Å²) in [6.07, 6.45) is -7.69. The van der Waals surface area contributed by atoms with E-state index in [1.807, 2.05) is 0 Å². The Balaban J connectivity index is 2.97. The van der Waals surface area contributed by atoms with Gasteiger partial charge in [0.2, 0.25) is 29.5 Å². The van der Waals surface area contributed by atoms with E-state index in [9.17, 15) is 48.3 Å². The number of likely N-dealkylation sites (N-methyl/N-ethyl adjacent to an activating group) is 3. The lowest BCUT2D eigenvalue weighted by Gasteiger charge is -2.39. The summed E-state index contributed by atoms with van der Waals surface area (Å²) in [6.45, 7) is 19.4. The summed E-state index contributed by atoms with van der Waals surface area (Å²) < 4.78 is 23.3. The lowest BCUT2D eigenvalue weighted by molar-refractivity contribution is -0.177. The number of benzene rings is 1. The van der Waals surface area contributed by atoms with E-state index in [4.69, 9.17) is 18.9 Å². The molecular formula is C48H73N7O15. The number of aliphatic hydroxyl groups excluding tert-OH is 1. The molecule has 2 rings (SSSR count). The Kier molecular flexibility index (Phi) is 22.6. The molecule has 1 aliphatic heterocycles. The van der Waals surface area contributed by atoms with E-state index in [1.54, 1.807) is 71.9 Å². The van der Waals surface area contributed by atoms with Gasteiger partial charge in [-0.3, -0.25) is 33.6 Å². The van der Waals surface area contributed by atoms with Crippen LogP contribution >= 0.6 is 0 Å². The van der Waals surface area contributed by atoms with Crippen LogP contribution in [0.5, 0.6) is 0 Å². The van der Waals surface area contributed by atoms with Crippen LogP contribution in [0.25, 0.3) is 0 Å². The Morgan fingerprint density at radius 3 is 1.89 bits per heavy atom. The molecule has 5 N–H and O–H groups in total. The number of amides is 7. The number of hydrogen-bond acceptors (Lipinski definition) is 15. The van der Waals surface area contributed by atoms with Gasteiger partial charge in [0.15, 0.2) is 24.2 Å². The van der Waals surface area contributed by atoms with Crippen LogP contribution < -0.4 is 21.3 Å². The lowest BCUT2D eigenvalue weighted by Crippen LogP contribution is -2.64. The maximum Gasteiger partial charge on any atom is 0.333 e. The number of ether oxygens (including phenoxy) is 4. The molecule has 1 saturated heterocycles. The van der Waals surface area contributed by atoms with Gasteiger partial charge in [-0.1, -0.05) is 78.5 Å². The van der Waals surface area contributed by atoms with Crippen LogP contribution in [0.1, 0.15) is 81.7 Å². The van der Waals surface area contributed by atoms with Gasteiger partial charge in [0.05, 0.1) is 12.2 Å². The minimum absolute atomic E-state index is 0.233. The molecule has 22 nitrogen and oxygen atoms in total. The number of carbonyl (C=O) groups is 10. The highest BCUT2D eigenvalue weighted by atomic mass is 16.6. The molecule has 70 heavy (non-hydrogen) atoms. The Morgan fingerprint density at radius 1 is 0.800 bits per heavy atom. The highest BCUT2D eigenvalue weighted by Crippen LogP contribution is 2.23. The van der Waals surface area contributed by atoms with Gasteiger partial charge in [0, 0.05) is 48.5 Å². The topological polar surface area (TPSA) is 286 Å². The van der Waals surface area contributed by atoms with Crippen molar-refractivity contribution in [1.29, 1.82) is 0 Å². The van der Waals surface area contributed by atoms with Gasteiger partial charge in [0.1, 0.15) is 36.0 Å². The fourth-order valence-electron chi connectivity index (χ4n) is 7.42. The highest BCUT2D eigenvalue weighted by molar-refractivity contribution is 6.01. The summed E-state index contributed by atoms with van der Waals surface area (Å²) >= 11 is 0. The normalized spacial score (nSPS) is 24.9. The van der Waals surface area contributed by atoms with E-state index in [1.165, 1.54) is 49.0 Å². The van der Waals surface area contributed by atoms with Crippen molar-refractivity contribution in [3.63, 3.8) is 0 Å². The van der Waals surface area contributed by atoms with Crippen molar-refractivity contribution in [1.82, 2.24) is 36.0 Å². The predicted octanol–water partition coefficient (Wildman–Crippen LogP) is -0.0132. The third-order valence-corrected chi connectivity index (χ3v) is 11.9. The Morgan fingerprint density at radius 2 is 1.39 bits per heavy atom. The van der Waals surface area contributed by atoms with Gasteiger partial charge in [-0.05, 0) is 44.1 Å². The first-order valence-electron chi connectivity index (χ1n) is 23.0. The second-order valence-corrected chi connectivity index (χ2v) is 18.5. The third-order valence-electron chi connectivity index (χ3n) is 11.9. The van der Waals surface area contributed by atoms with E-state index in [-0.39, 0.29) is 6.42 Å². The van der Waals surface area contributed by atoms with Gasteiger partial charge < -0.3 is 60.0 Å². The number of nitrogens with zero attached hydrogens (tertiary/aromatic N) is 3. The zero-order valence-corrected chi connectivity index (χ0v) is 42.9. The zero-order chi connectivity index (χ0) is 53.6. The molecule has 0 aliphatic carbocycles. The van der Waals surface area contributed by atoms with Crippen molar-refractivity contribution < 1.29 is 72.0 Å². The zero-order valence-electron chi connectivity index (χ0n) is 42.9.